The number of ether oxygens (including phenoxy) is 1. The molecule has 2 aromatic rings. The number of carbonyl (C=O) groups excluding carboxylic acids is 1. The summed E-state index contributed by atoms with van der Waals surface area (Å²) in [6.45, 7) is 4.07. The molecule has 3 rings (SSSR count). The van der Waals surface area contributed by atoms with Crippen LogP contribution in [0.15, 0.2) is 42.5 Å². The zero-order chi connectivity index (χ0) is 21.0. The van der Waals surface area contributed by atoms with Crippen molar-refractivity contribution >= 4 is 44.6 Å². The average Bonchev–Trinajstić information content (AvgIpc) is 2.67. The van der Waals surface area contributed by atoms with Gasteiger partial charge in [0.1, 0.15) is 6.54 Å². The van der Waals surface area contributed by atoms with Crippen molar-refractivity contribution in [3.05, 3.63) is 53.1 Å². The van der Waals surface area contributed by atoms with Gasteiger partial charge in [-0.1, -0.05) is 29.8 Å². The van der Waals surface area contributed by atoms with Gasteiger partial charge in [0, 0.05) is 18.1 Å². The topological polar surface area (TPSA) is 79.0 Å². The van der Waals surface area contributed by atoms with Crippen LogP contribution in [-0.4, -0.2) is 53.4 Å². The number of halogens is 1. The molecule has 0 spiro atoms. The van der Waals surface area contributed by atoms with Crippen molar-refractivity contribution in [2.45, 2.75) is 6.92 Å². The lowest BCUT2D eigenvalue weighted by molar-refractivity contribution is -0.114. The third-order valence-corrected chi connectivity index (χ3v) is 6.02. The van der Waals surface area contributed by atoms with Crippen LogP contribution in [0.3, 0.4) is 0 Å². The highest BCUT2D eigenvalue weighted by atomic mass is 35.5. The van der Waals surface area contributed by atoms with E-state index in [4.69, 9.17) is 16.3 Å². The van der Waals surface area contributed by atoms with Crippen molar-refractivity contribution in [2.24, 2.45) is 0 Å². The molecule has 1 aliphatic rings. The van der Waals surface area contributed by atoms with Gasteiger partial charge in [-0.25, -0.2) is 8.42 Å². The van der Waals surface area contributed by atoms with Crippen molar-refractivity contribution in [3.63, 3.8) is 0 Å². The second-order valence-corrected chi connectivity index (χ2v) is 9.21. The molecule has 1 amide bonds. The number of benzene rings is 2. The fraction of sp³-hybridized carbons (Fsp3) is 0.350. The van der Waals surface area contributed by atoms with E-state index in [1.807, 2.05) is 12.1 Å². The quantitative estimate of drug-likeness (QED) is 0.751. The van der Waals surface area contributed by atoms with E-state index in [1.165, 1.54) is 0 Å². The average molecular weight is 438 g/mol. The van der Waals surface area contributed by atoms with Crippen LogP contribution in [0, 0.1) is 6.92 Å². The van der Waals surface area contributed by atoms with Crippen LogP contribution in [0.25, 0.3) is 0 Å². The molecule has 9 heteroatoms. The number of morpholine rings is 1. The van der Waals surface area contributed by atoms with E-state index >= 15 is 0 Å². The van der Waals surface area contributed by atoms with Crippen LogP contribution < -0.4 is 14.5 Å². The molecular weight excluding hydrogens is 414 g/mol. The normalized spacial score (nSPS) is 14.5. The fourth-order valence-electron chi connectivity index (χ4n) is 3.23. The molecule has 0 aliphatic carbocycles. The molecule has 0 atom stereocenters. The van der Waals surface area contributed by atoms with Gasteiger partial charge in [0.05, 0.1) is 36.5 Å². The largest absolute Gasteiger partial charge is 0.378 e. The second kappa shape index (κ2) is 9.02. The standard InChI is InChI=1S/C20H24ClN3O4S/c1-15-5-3-4-6-18(15)24(29(2,26)27)14-20(25)22-17-13-16(21)7-8-19(17)23-9-11-28-12-10-23/h3-8,13H,9-12,14H2,1-2H3,(H,22,25). The summed E-state index contributed by atoms with van der Waals surface area (Å²) in [7, 11) is -3.65. The van der Waals surface area contributed by atoms with Gasteiger partial charge in [-0.15, -0.1) is 0 Å². The van der Waals surface area contributed by atoms with E-state index < -0.39 is 15.9 Å². The molecule has 7 nitrogen and oxygen atoms in total. The fourth-order valence-corrected chi connectivity index (χ4v) is 4.32. The Morgan fingerprint density at radius 1 is 1.21 bits per heavy atom. The molecule has 1 heterocycles. The first-order valence-electron chi connectivity index (χ1n) is 9.21. The summed E-state index contributed by atoms with van der Waals surface area (Å²) in [4.78, 5) is 14.9. The van der Waals surface area contributed by atoms with Gasteiger partial charge in [-0.3, -0.25) is 9.10 Å². The van der Waals surface area contributed by atoms with Crippen LogP contribution in [0.1, 0.15) is 5.56 Å². The smallest absolute Gasteiger partial charge is 0.245 e. The third-order valence-electron chi connectivity index (χ3n) is 4.66. The SMILES string of the molecule is Cc1ccccc1N(CC(=O)Nc1cc(Cl)ccc1N1CCOCC1)S(C)(=O)=O. The Hall–Kier alpha value is -2.29. The molecule has 0 aromatic heterocycles. The van der Waals surface area contributed by atoms with E-state index in [9.17, 15) is 13.2 Å². The van der Waals surface area contributed by atoms with Gasteiger partial charge in [-0.05, 0) is 36.8 Å². The number of para-hydroxylation sites is 1. The zero-order valence-electron chi connectivity index (χ0n) is 16.4. The Labute approximate surface area is 176 Å². The highest BCUT2D eigenvalue weighted by Crippen LogP contribution is 2.30. The van der Waals surface area contributed by atoms with Gasteiger partial charge in [0.15, 0.2) is 0 Å². The molecule has 1 saturated heterocycles. The maximum absolute atomic E-state index is 12.8. The Balaban J connectivity index is 1.84. The summed E-state index contributed by atoms with van der Waals surface area (Å²) in [5, 5.41) is 3.31. The lowest BCUT2D eigenvalue weighted by atomic mass is 10.2. The summed E-state index contributed by atoms with van der Waals surface area (Å²) in [6, 6.07) is 12.3. The summed E-state index contributed by atoms with van der Waals surface area (Å²) in [5.41, 5.74) is 2.61. The molecular formula is C20H24ClN3O4S. The van der Waals surface area contributed by atoms with Gasteiger partial charge in [0.2, 0.25) is 15.9 Å². The monoisotopic (exact) mass is 437 g/mol. The van der Waals surface area contributed by atoms with Crippen molar-refractivity contribution in [2.75, 3.05) is 53.6 Å². The number of rotatable bonds is 6. The van der Waals surface area contributed by atoms with Crippen molar-refractivity contribution in [1.29, 1.82) is 0 Å². The minimum absolute atomic E-state index is 0.335. The lowest BCUT2D eigenvalue weighted by Gasteiger charge is -2.31. The first-order valence-corrected chi connectivity index (χ1v) is 11.4. The molecule has 0 radical (unpaired) electrons. The molecule has 1 N–H and O–H groups in total. The zero-order valence-corrected chi connectivity index (χ0v) is 18.0. The van der Waals surface area contributed by atoms with Gasteiger partial charge in [0.25, 0.3) is 0 Å². The van der Waals surface area contributed by atoms with Crippen molar-refractivity contribution < 1.29 is 17.9 Å². The lowest BCUT2D eigenvalue weighted by Crippen LogP contribution is -2.39. The van der Waals surface area contributed by atoms with Gasteiger partial charge in [-0.2, -0.15) is 0 Å². The summed E-state index contributed by atoms with van der Waals surface area (Å²) >= 11 is 6.13. The number of aryl methyl sites for hydroxylation is 1. The second-order valence-electron chi connectivity index (χ2n) is 6.87. The molecule has 1 fully saturated rings. The Bertz CT molecular complexity index is 991. The van der Waals surface area contributed by atoms with Crippen LogP contribution in [-0.2, 0) is 19.6 Å². The maximum Gasteiger partial charge on any atom is 0.245 e. The Morgan fingerprint density at radius 2 is 1.90 bits per heavy atom. The van der Waals surface area contributed by atoms with E-state index in [1.54, 1.807) is 37.3 Å². The van der Waals surface area contributed by atoms with Gasteiger partial charge >= 0.3 is 0 Å². The van der Waals surface area contributed by atoms with Crippen LogP contribution in [0.4, 0.5) is 17.1 Å². The third kappa shape index (κ3) is 5.41. The molecule has 0 saturated carbocycles. The molecule has 1 aliphatic heterocycles. The minimum atomic E-state index is -3.65. The number of nitrogens with zero attached hydrogens (tertiary/aromatic N) is 2. The number of carbonyl (C=O) groups is 1. The highest BCUT2D eigenvalue weighted by Gasteiger charge is 2.23. The van der Waals surface area contributed by atoms with Crippen molar-refractivity contribution in [1.82, 2.24) is 0 Å². The minimum Gasteiger partial charge on any atom is -0.378 e. The van der Waals surface area contributed by atoms with E-state index in [2.05, 4.69) is 10.2 Å². The number of anilines is 3. The van der Waals surface area contributed by atoms with Crippen LogP contribution in [0.2, 0.25) is 5.02 Å². The predicted molar refractivity (Wildman–Crippen MR) is 116 cm³/mol. The predicted octanol–water partition coefficient (Wildman–Crippen LogP) is 2.89. The summed E-state index contributed by atoms with van der Waals surface area (Å²) in [5.74, 6) is -0.449. The number of hydrogen-bond acceptors (Lipinski definition) is 5. The number of nitrogens with one attached hydrogen (secondary N) is 1. The van der Waals surface area contributed by atoms with E-state index in [0.29, 0.717) is 42.7 Å². The molecule has 29 heavy (non-hydrogen) atoms. The van der Waals surface area contributed by atoms with E-state index in [0.717, 1.165) is 21.8 Å². The van der Waals surface area contributed by atoms with Crippen LogP contribution in [0.5, 0.6) is 0 Å². The first-order chi connectivity index (χ1) is 13.8. The number of amides is 1. The molecule has 0 unspecified atom stereocenters. The maximum atomic E-state index is 12.8. The molecule has 0 bridgehead atoms. The highest BCUT2D eigenvalue weighted by molar-refractivity contribution is 7.92. The van der Waals surface area contributed by atoms with Crippen LogP contribution >= 0.6 is 11.6 Å². The molecule has 2 aromatic carbocycles. The van der Waals surface area contributed by atoms with Crippen molar-refractivity contribution in [3.8, 4) is 0 Å². The van der Waals surface area contributed by atoms with Gasteiger partial charge < -0.3 is 15.0 Å². The molecule has 156 valence electrons. The Morgan fingerprint density at radius 3 is 2.55 bits per heavy atom. The summed E-state index contributed by atoms with van der Waals surface area (Å²) < 4.78 is 31.2. The number of hydrogen-bond donors (Lipinski definition) is 1. The number of sulfonamides is 1. The summed E-state index contributed by atoms with van der Waals surface area (Å²) in [6.07, 6.45) is 1.09. The Kier molecular flexibility index (Phi) is 6.66. The van der Waals surface area contributed by atoms with E-state index in [-0.39, 0.29) is 6.54 Å². The first kappa shape index (κ1) is 21.4.